The fourth-order valence-electron chi connectivity index (χ4n) is 3.64. The summed E-state index contributed by atoms with van der Waals surface area (Å²) in [4.78, 5) is 12.1. The molecule has 0 saturated heterocycles. The minimum absolute atomic E-state index is 0.265. The van der Waals surface area contributed by atoms with Gasteiger partial charge in [-0.1, -0.05) is 31.4 Å². The number of hydrogen-bond acceptors (Lipinski definition) is 3. The molecule has 114 valence electrons. The van der Waals surface area contributed by atoms with Gasteiger partial charge in [-0.2, -0.15) is 0 Å². The monoisotopic (exact) mass is 288 g/mol. The summed E-state index contributed by atoms with van der Waals surface area (Å²) in [6.07, 6.45) is 8.87. The molecule has 1 fully saturated rings. The summed E-state index contributed by atoms with van der Waals surface area (Å²) in [5, 5.41) is 0. The number of rotatable bonds is 3. The van der Waals surface area contributed by atoms with E-state index in [0.717, 1.165) is 24.2 Å². The van der Waals surface area contributed by atoms with Gasteiger partial charge in [0.05, 0.1) is 6.61 Å². The van der Waals surface area contributed by atoms with E-state index in [1.54, 1.807) is 0 Å². The first-order valence-corrected chi connectivity index (χ1v) is 8.25. The molecule has 1 aromatic carbocycles. The van der Waals surface area contributed by atoms with E-state index < -0.39 is 0 Å². The molecule has 3 rings (SSSR count). The molecule has 1 aliphatic heterocycles. The van der Waals surface area contributed by atoms with Crippen LogP contribution >= 0.6 is 0 Å². The van der Waals surface area contributed by atoms with E-state index >= 15 is 0 Å². The normalized spacial score (nSPS) is 22.2. The van der Waals surface area contributed by atoms with Crippen LogP contribution in [-0.4, -0.2) is 18.7 Å². The Bertz CT molecular complexity index is 503. The van der Waals surface area contributed by atoms with Gasteiger partial charge in [-0.15, -0.1) is 0 Å². The van der Waals surface area contributed by atoms with E-state index in [2.05, 4.69) is 6.07 Å². The van der Waals surface area contributed by atoms with Crippen LogP contribution in [0, 0.1) is 5.92 Å². The smallest absolute Gasteiger partial charge is 0.341 e. The van der Waals surface area contributed by atoms with E-state index in [1.165, 1.54) is 32.1 Å². The number of carbonyl (C=O) groups excluding carboxylic acids is 1. The van der Waals surface area contributed by atoms with Gasteiger partial charge < -0.3 is 9.47 Å². The van der Waals surface area contributed by atoms with Crippen molar-refractivity contribution in [2.45, 2.75) is 58.0 Å². The second-order valence-corrected chi connectivity index (χ2v) is 6.11. The van der Waals surface area contributed by atoms with Gasteiger partial charge in [-0.3, -0.25) is 0 Å². The lowest BCUT2D eigenvalue weighted by atomic mass is 9.82. The number of para-hydroxylation sites is 1. The molecule has 1 aliphatic carbocycles. The van der Waals surface area contributed by atoms with Gasteiger partial charge in [0.2, 0.25) is 0 Å². The minimum atomic E-state index is -0.265. The van der Waals surface area contributed by atoms with Crippen LogP contribution in [0.3, 0.4) is 0 Å². The predicted molar refractivity (Wildman–Crippen MR) is 81.7 cm³/mol. The van der Waals surface area contributed by atoms with Crippen molar-refractivity contribution in [2.75, 3.05) is 6.61 Å². The lowest BCUT2D eigenvalue weighted by Crippen LogP contribution is -2.33. The molecule has 2 aliphatic rings. The van der Waals surface area contributed by atoms with Crippen LogP contribution in [0.2, 0.25) is 0 Å². The Labute approximate surface area is 126 Å². The zero-order valence-corrected chi connectivity index (χ0v) is 12.8. The van der Waals surface area contributed by atoms with Crippen LogP contribution in [0.15, 0.2) is 18.2 Å². The largest absolute Gasteiger partial charge is 0.489 e. The third-order valence-corrected chi connectivity index (χ3v) is 4.73. The van der Waals surface area contributed by atoms with E-state index in [0.29, 0.717) is 18.1 Å². The van der Waals surface area contributed by atoms with Gasteiger partial charge >= 0.3 is 5.97 Å². The van der Waals surface area contributed by atoms with Crippen molar-refractivity contribution in [2.24, 2.45) is 5.92 Å². The number of benzene rings is 1. The summed E-state index contributed by atoms with van der Waals surface area (Å²) in [7, 11) is 0. The van der Waals surface area contributed by atoms with Crippen molar-refractivity contribution in [3.63, 3.8) is 0 Å². The highest BCUT2D eigenvalue weighted by Gasteiger charge is 2.31. The molecule has 0 aromatic heterocycles. The number of carbonyl (C=O) groups is 1. The first-order chi connectivity index (χ1) is 10.3. The molecule has 1 atom stereocenters. The van der Waals surface area contributed by atoms with Crippen LogP contribution in [0.5, 0.6) is 5.75 Å². The van der Waals surface area contributed by atoms with E-state index in [-0.39, 0.29) is 12.1 Å². The van der Waals surface area contributed by atoms with Crippen molar-refractivity contribution in [3.8, 4) is 5.75 Å². The van der Waals surface area contributed by atoms with Crippen LogP contribution in [0.4, 0.5) is 0 Å². The van der Waals surface area contributed by atoms with E-state index in [4.69, 9.17) is 9.47 Å². The summed E-state index contributed by atoms with van der Waals surface area (Å²) in [5.41, 5.74) is 1.74. The van der Waals surface area contributed by atoms with Crippen LogP contribution < -0.4 is 4.74 Å². The van der Waals surface area contributed by atoms with Gasteiger partial charge in [0.15, 0.2) is 0 Å². The molecule has 1 unspecified atom stereocenters. The zero-order chi connectivity index (χ0) is 14.7. The summed E-state index contributed by atoms with van der Waals surface area (Å²) in [6, 6.07) is 5.81. The van der Waals surface area contributed by atoms with Crippen molar-refractivity contribution in [1.82, 2.24) is 0 Å². The molecule has 21 heavy (non-hydrogen) atoms. The maximum atomic E-state index is 12.1. The van der Waals surface area contributed by atoms with Crippen LogP contribution in [0.25, 0.3) is 0 Å². The van der Waals surface area contributed by atoms with Crippen molar-refractivity contribution in [3.05, 3.63) is 29.3 Å². The topological polar surface area (TPSA) is 35.5 Å². The molecule has 1 heterocycles. The molecule has 1 aromatic rings. The van der Waals surface area contributed by atoms with Crippen molar-refractivity contribution in [1.29, 1.82) is 0 Å². The van der Waals surface area contributed by atoms with E-state index in [9.17, 15) is 4.79 Å². The first kappa shape index (κ1) is 14.4. The standard InChI is InChI=1S/C18H24O3/c1-2-20-18(19)15-10-6-9-14-11-12-16(21-17(14)15)13-7-4-3-5-8-13/h6,9-10,13,16H,2-5,7-8,11-12H2,1H3. The lowest BCUT2D eigenvalue weighted by Gasteiger charge is -2.35. The second kappa shape index (κ2) is 6.50. The average Bonchev–Trinajstić information content (AvgIpc) is 2.55. The molecule has 3 heteroatoms. The second-order valence-electron chi connectivity index (χ2n) is 6.11. The Morgan fingerprint density at radius 1 is 1.24 bits per heavy atom. The summed E-state index contributed by atoms with van der Waals surface area (Å²) < 4.78 is 11.4. The molecule has 0 N–H and O–H groups in total. The molecule has 0 spiro atoms. The molecule has 0 amide bonds. The van der Waals surface area contributed by atoms with Crippen molar-refractivity contribution >= 4 is 5.97 Å². The maximum Gasteiger partial charge on any atom is 0.341 e. The zero-order valence-electron chi connectivity index (χ0n) is 12.8. The summed E-state index contributed by atoms with van der Waals surface area (Å²) >= 11 is 0. The number of fused-ring (bicyclic) bond motifs is 1. The van der Waals surface area contributed by atoms with Gasteiger partial charge in [0.25, 0.3) is 0 Å². The highest BCUT2D eigenvalue weighted by molar-refractivity contribution is 5.93. The quantitative estimate of drug-likeness (QED) is 0.784. The minimum Gasteiger partial charge on any atom is -0.489 e. The number of aryl methyl sites for hydroxylation is 1. The molecular formula is C18H24O3. The highest BCUT2D eigenvalue weighted by atomic mass is 16.5. The maximum absolute atomic E-state index is 12.1. The average molecular weight is 288 g/mol. The van der Waals surface area contributed by atoms with Crippen LogP contribution in [0.1, 0.15) is 61.4 Å². The first-order valence-electron chi connectivity index (χ1n) is 8.25. The molecule has 1 saturated carbocycles. The summed E-state index contributed by atoms with van der Waals surface area (Å²) in [5.74, 6) is 1.17. The Morgan fingerprint density at radius 2 is 2.05 bits per heavy atom. The van der Waals surface area contributed by atoms with E-state index in [1.807, 2.05) is 19.1 Å². The highest BCUT2D eigenvalue weighted by Crippen LogP contribution is 2.37. The number of esters is 1. The Hall–Kier alpha value is -1.51. The summed E-state index contributed by atoms with van der Waals surface area (Å²) in [6.45, 7) is 2.23. The van der Waals surface area contributed by atoms with Gasteiger partial charge in [0, 0.05) is 0 Å². The van der Waals surface area contributed by atoms with Crippen LogP contribution in [-0.2, 0) is 11.2 Å². The fraction of sp³-hybridized carbons (Fsp3) is 0.611. The predicted octanol–water partition coefficient (Wildman–Crippen LogP) is 4.14. The van der Waals surface area contributed by atoms with Gasteiger partial charge in [-0.05, 0) is 50.2 Å². The Balaban J connectivity index is 1.81. The number of ether oxygens (including phenoxy) is 2. The molecular weight excluding hydrogens is 264 g/mol. The molecule has 3 nitrogen and oxygen atoms in total. The third-order valence-electron chi connectivity index (χ3n) is 4.73. The Morgan fingerprint density at radius 3 is 2.81 bits per heavy atom. The molecule has 0 radical (unpaired) electrons. The Kier molecular flexibility index (Phi) is 4.47. The van der Waals surface area contributed by atoms with Gasteiger partial charge in [0.1, 0.15) is 17.4 Å². The SMILES string of the molecule is CCOC(=O)c1cccc2c1OC(C1CCCCC1)CC2. The fourth-order valence-corrected chi connectivity index (χ4v) is 3.64. The third kappa shape index (κ3) is 3.07. The van der Waals surface area contributed by atoms with Gasteiger partial charge in [-0.25, -0.2) is 4.79 Å². The molecule has 0 bridgehead atoms. The van der Waals surface area contributed by atoms with Crippen molar-refractivity contribution < 1.29 is 14.3 Å². The lowest BCUT2D eigenvalue weighted by molar-refractivity contribution is 0.0500. The number of hydrogen-bond donors (Lipinski definition) is 0.